The number of hydrogen-bond acceptors (Lipinski definition) is 7. The highest BCUT2D eigenvalue weighted by Gasteiger charge is 2.35. The van der Waals surface area contributed by atoms with Crippen LogP contribution in [-0.4, -0.2) is 69.5 Å². The number of rotatable bonds is 10. The smallest absolute Gasteiger partial charge is 0.494 e. The van der Waals surface area contributed by atoms with E-state index in [2.05, 4.69) is 14.5 Å². The van der Waals surface area contributed by atoms with Crippen molar-refractivity contribution in [3.63, 3.8) is 0 Å². The van der Waals surface area contributed by atoms with E-state index in [0.29, 0.717) is 44.2 Å². The molecule has 0 atom stereocenters. The molecule has 1 aliphatic carbocycles. The van der Waals surface area contributed by atoms with Gasteiger partial charge in [-0.05, 0) is 37.1 Å². The Kier molecular flexibility index (Phi) is 10.6. The van der Waals surface area contributed by atoms with E-state index in [4.69, 9.17) is 9.47 Å². The molecule has 0 N–H and O–H groups in total. The predicted octanol–water partition coefficient (Wildman–Crippen LogP) is 5.89. The largest absolute Gasteiger partial charge is 0.573 e. The third kappa shape index (κ3) is 8.30. The van der Waals surface area contributed by atoms with Crippen molar-refractivity contribution in [1.29, 1.82) is 0 Å². The Balaban J connectivity index is 1.43. The molecule has 42 heavy (non-hydrogen) atoms. The minimum absolute atomic E-state index is 0.144. The van der Waals surface area contributed by atoms with Crippen molar-refractivity contribution < 1.29 is 37.0 Å². The van der Waals surface area contributed by atoms with Gasteiger partial charge in [0.2, 0.25) is 5.91 Å². The van der Waals surface area contributed by atoms with Crippen LogP contribution in [0.5, 0.6) is 17.2 Å². The average Bonchev–Trinajstić information content (AvgIpc) is 2.97. The maximum atomic E-state index is 13.6. The van der Waals surface area contributed by atoms with Gasteiger partial charge in [0.05, 0.1) is 24.4 Å². The van der Waals surface area contributed by atoms with Crippen LogP contribution >= 0.6 is 0 Å². The van der Waals surface area contributed by atoms with E-state index in [-0.39, 0.29) is 41.7 Å². The van der Waals surface area contributed by atoms with Gasteiger partial charge in [0, 0.05) is 51.3 Å². The predicted molar refractivity (Wildman–Crippen MR) is 154 cm³/mol. The SMILES string of the molecule is COc1cc(OC(=O)C(C)C)ccc1N1CCN(CCN(C(=O)C2CCCCC2)c2ccccc2OC(F)(F)F)CC1. The van der Waals surface area contributed by atoms with Crippen molar-refractivity contribution >= 4 is 23.3 Å². The summed E-state index contributed by atoms with van der Waals surface area (Å²) >= 11 is 0. The quantitative estimate of drug-likeness (QED) is 0.252. The molecule has 1 saturated heterocycles. The molecule has 1 aliphatic heterocycles. The number of nitrogens with zero attached hydrogens (tertiary/aromatic N) is 3. The van der Waals surface area contributed by atoms with Gasteiger partial charge in [0.25, 0.3) is 0 Å². The first-order chi connectivity index (χ1) is 20.1. The van der Waals surface area contributed by atoms with Gasteiger partial charge in [-0.1, -0.05) is 45.2 Å². The van der Waals surface area contributed by atoms with E-state index in [1.54, 1.807) is 39.2 Å². The van der Waals surface area contributed by atoms with Crippen LogP contribution in [0.2, 0.25) is 0 Å². The number of hydrogen-bond donors (Lipinski definition) is 0. The van der Waals surface area contributed by atoms with Gasteiger partial charge in [-0.2, -0.15) is 0 Å². The lowest BCUT2D eigenvalue weighted by atomic mass is 9.88. The summed E-state index contributed by atoms with van der Waals surface area (Å²) in [6.07, 6.45) is -0.421. The molecular weight excluding hydrogens is 551 g/mol. The first-order valence-electron chi connectivity index (χ1n) is 14.6. The fraction of sp³-hybridized carbons (Fsp3) is 0.548. The standard InChI is InChI=1S/C31H40F3N3O5/c1-22(2)30(39)41-24-13-14-25(28(21-24)40-3)36-18-15-35(16-19-36)17-20-37(29(38)23-9-5-4-6-10-23)26-11-7-8-12-27(26)42-31(32,33)34/h7-8,11-14,21-23H,4-6,9-10,15-20H2,1-3H3. The van der Waals surface area contributed by atoms with Crippen LogP contribution in [0.25, 0.3) is 0 Å². The summed E-state index contributed by atoms with van der Waals surface area (Å²) in [7, 11) is 1.57. The van der Waals surface area contributed by atoms with Crippen molar-refractivity contribution in [2.75, 3.05) is 56.2 Å². The van der Waals surface area contributed by atoms with Gasteiger partial charge in [-0.25, -0.2) is 0 Å². The summed E-state index contributed by atoms with van der Waals surface area (Å²) in [5.41, 5.74) is 1.03. The molecule has 4 rings (SSSR count). The second-order valence-corrected chi connectivity index (χ2v) is 11.1. The summed E-state index contributed by atoms with van der Waals surface area (Å²) in [5.74, 6) is -0.258. The molecule has 11 heteroatoms. The van der Waals surface area contributed by atoms with E-state index in [1.165, 1.54) is 23.1 Å². The highest BCUT2D eigenvalue weighted by atomic mass is 19.4. The van der Waals surface area contributed by atoms with Crippen LogP contribution in [-0.2, 0) is 9.59 Å². The maximum absolute atomic E-state index is 13.6. The fourth-order valence-corrected chi connectivity index (χ4v) is 5.48. The van der Waals surface area contributed by atoms with Gasteiger partial charge >= 0.3 is 12.3 Å². The lowest BCUT2D eigenvalue weighted by Gasteiger charge is -2.38. The highest BCUT2D eigenvalue weighted by Crippen LogP contribution is 2.36. The van der Waals surface area contributed by atoms with Crippen LogP contribution in [0.15, 0.2) is 42.5 Å². The first-order valence-corrected chi connectivity index (χ1v) is 14.6. The number of para-hydroxylation sites is 2. The maximum Gasteiger partial charge on any atom is 0.573 e. The van der Waals surface area contributed by atoms with E-state index in [1.807, 2.05) is 6.07 Å². The molecule has 2 aromatic carbocycles. The lowest BCUT2D eigenvalue weighted by Crippen LogP contribution is -2.49. The Morgan fingerprint density at radius 1 is 0.976 bits per heavy atom. The number of carbonyl (C=O) groups excluding carboxylic acids is 2. The zero-order valence-corrected chi connectivity index (χ0v) is 24.5. The number of benzene rings is 2. The second kappa shape index (κ2) is 14.1. The van der Waals surface area contributed by atoms with Crippen LogP contribution in [0, 0.1) is 11.8 Å². The minimum atomic E-state index is -4.86. The lowest BCUT2D eigenvalue weighted by molar-refractivity contribution is -0.274. The number of amides is 1. The molecule has 1 heterocycles. The molecule has 0 radical (unpaired) electrons. The fourth-order valence-electron chi connectivity index (χ4n) is 5.48. The average molecular weight is 592 g/mol. The summed E-state index contributed by atoms with van der Waals surface area (Å²) < 4.78 is 54.9. The summed E-state index contributed by atoms with van der Waals surface area (Å²) in [5, 5.41) is 0. The topological polar surface area (TPSA) is 71.6 Å². The number of esters is 1. The third-order valence-electron chi connectivity index (χ3n) is 7.80. The number of anilines is 2. The van der Waals surface area contributed by atoms with Crippen molar-refractivity contribution in [1.82, 2.24) is 4.90 Å². The molecule has 0 unspecified atom stereocenters. The molecule has 0 aromatic heterocycles. The monoisotopic (exact) mass is 591 g/mol. The third-order valence-corrected chi connectivity index (χ3v) is 7.80. The Morgan fingerprint density at radius 2 is 1.67 bits per heavy atom. The number of piperazine rings is 1. The van der Waals surface area contributed by atoms with Gasteiger partial charge < -0.3 is 24.0 Å². The summed E-state index contributed by atoms with van der Waals surface area (Å²) in [4.78, 5) is 31.5. The molecular formula is C31H40F3N3O5. The first kappa shape index (κ1) is 31.5. The Labute approximate surface area is 245 Å². The molecule has 1 amide bonds. The van der Waals surface area contributed by atoms with Crippen LogP contribution < -0.4 is 24.0 Å². The molecule has 0 bridgehead atoms. The molecule has 8 nitrogen and oxygen atoms in total. The number of alkyl halides is 3. The van der Waals surface area contributed by atoms with Gasteiger partial charge in [0.15, 0.2) is 5.75 Å². The summed E-state index contributed by atoms with van der Waals surface area (Å²) in [6, 6.07) is 11.2. The molecule has 2 fully saturated rings. The van der Waals surface area contributed by atoms with E-state index >= 15 is 0 Å². The van der Waals surface area contributed by atoms with Crippen LogP contribution in [0.4, 0.5) is 24.5 Å². The number of ether oxygens (including phenoxy) is 3. The normalized spacial score (nSPS) is 16.8. The van der Waals surface area contributed by atoms with Crippen LogP contribution in [0.1, 0.15) is 46.0 Å². The van der Waals surface area contributed by atoms with Crippen molar-refractivity contribution in [3.8, 4) is 17.2 Å². The van der Waals surface area contributed by atoms with Crippen molar-refractivity contribution in [2.24, 2.45) is 11.8 Å². The molecule has 0 spiro atoms. The van der Waals surface area contributed by atoms with E-state index < -0.39 is 6.36 Å². The second-order valence-electron chi connectivity index (χ2n) is 11.1. The minimum Gasteiger partial charge on any atom is -0.494 e. The summed E-state index contributed by atoms with van der Waals surface area (Å²) in [6.45, 7) is 7.07. The molecule has 2 aromatic rings. The molecule has 1 saturated carbocycles. The highest BCUT2D eigenvalue weighted by molar-refractivity contribution is 5.96. The number of carbonyl (C=O) groups is 2. The Hall–Kier alpha value is -3.47. The van der Waals surface area contributed by atoms with Gasteiger partial charge in [0.1, 0.15) is 11.5 Å². The van der Waals surface area contributed by atoms with Crippen molar-refractivity contribution in [2.45, 2.75) is 52.3 Å². The van der Waals surface area contributed by atoms with E-state index in [9.17, 15) is 22.8 Å². The van der Waals surface area contributed by atoms with Crippen LogP contribution in [0.3, 0.4) is 0 Å². The Morgan fingerprint density at radius 3 is 2.31 bits per heavy atom. The molecule has 2 aliphatic rings. The van der Waals surface area contributed by atoms with E-state index in [0.717, 1.165) is 37.8 Å². The zero-order valence-electron chi connectivity index (χ0n) is 24.5. The zero-order chi connectivity index (χ0) is 30.3. The molecule has 230 valence electrons. The van der Waals surface area contributed by atoms with Gasteiger partial charge in [-0.3, -0.25) is 14.5 Å². The number of methoxy groups -OCH3 is 1. The Bertz CT molecular complexity index is 1210. The van der Waals surface area contributed by atoms with Crippen molar-refractivity contribution in [3.05, 3.63) is 42.5 Å². The number of halogens is 3. The van der Waals surface area contributed by atoms with Gasteiger partial charge in [-0.15, -0.1) is 13.2 Å².